The molecule has 2 aromatic carbocycles. The van der Waals surface area contributed by atoms with E-state index in [4.69, 9.17) is 18.9 Å². The van der Waals surface area contributed by atoms with E-state index >= 15 is 0 Å². The van der Waals surface area contributed by atoms with Gasteiger partial charge in [0.2, 0.25) is 15.9 Å². The number of hydrogen-bond acceptors (Lipinski definition) is 7. The van der Waals surface area contributed by atoms with Gasteiger partial charge in [0, 0.05) is 19.0 Å². The summed E-state index contributed by atoms with van der Waals surface area (Å²) in [5.41, 5.74) is 0.950. The van der Waals surface area contributed by atoms with Gasteiger partial charge in [0.25, 0.3) is 0 Å². The zero-order valence-corrected chi connectivity index (χ0v) is 20.0. The lowest BCUT2D eigenvalue weighted by Crippen LogP contribution is -2.27. The van der Waals surface area contributed by atoms with Crippen molar-refractivity contribution in [3.8, 4) is 23.0 Å². The van der Waals surface area contributed by atoms with Crippen LogP contribution in [0.15, 0.2) is 41.3 Å². The van der Waals surface area contributed by atoms with E-state index < -0.39 is 10.0 Å². The van der Waals surface area contributed by atoms with Crippen LogP contribution >= 0.6 is 0 Å². The molecule has 0 saturated heterocycles. The van der Waals surface area contributed by atoms with Crippen molar-refractivity contribution in [1.29, 1.82) is 0 Å². The van der Waals surface area contributed by atoms with Gasteiger partial charge in [-0.15, -0.1) is 0 Å². The van der Waals surface area contributed by atoms with E-state index in [-0.39, 0.29) is 16.8 Å². The van der Waals surface area contributed by atoms with Crippen molar-refractivity contribution < 1.29 is 32.2 Å². The van der Waals surface area contributed by atoms with Gasteiger partial charge in [-0.1, -0.05) is 12.5 Å². The lowest BCUT2D eigenvalue weighted by Gasteiger charge is -2.21. The minimum absolute atomic E-state index is 0.0424. The molecular weight excluding hydrogens is 460 g/mol. The largest absolute Gasteiger partial charge is 0.486 e. The molecule has 2 aromatic rings. The van der Waals surface area contributed by atoms with Crippen molar-refractivity contribution in [3.63, 3.8) is 0 Å². The van der Waals surface area contributed by atoms with Crippen LogP contribution in [0.5, 0.6) is 23.0 Å². The number of unbranched alkanes of at least 4 members (excludes halogenated alkanes) is 2. The van der Waals surface area contributed by atoms with E-state index in [2.05, 4.69) is 10.0 Å². The third kappa shape index (κ3) is 6.12. The Labute approximate surface area is 199 Å². The fraction of sp³-hybridized carbons (Fsp3) is 0.458. The predicted molar refractivity (Wildman–Crippen MR) is 125 cm³/mol. The van der Waals surface area contributed by atoms with E-state index in [0.29, 0.717) is 69.5 Å². The van der Waals surface area contributed by atoms with Crippen LogP contribution in [0.2, 0.25) is 0 Å². The fourth-order valence-corrected chi connectivity index (χ4v) is 4.88. The number of amides is 1. The maximum atomic E-state index is 12.5. The van der Waals surface area contributed by atoms with Crippen molar-refractivity contribution in [2.45, 2.75) is 43.5 Å². The number of ether oxygens (including phenoxy) is 4. The Bertz CT molecular complexity index is 1120. The Balaban J connectivity index is 1.15. The number of hydrogen-bond donors (Lipinski definition) is 2. The number of nitrogens with one attached hydrogen (secondary N) is 2. The maximum absolute atomic E-state index is 12.5. The average molecular weight is 491 g/mol. The number of fused-ring (bicyclic) bond motifs is 2. The first-order valence-corrected chi connectivity index (χ1v) is 13.0. The maximum Gasteiger partial charge on any atom is 0.240 e. The number of sulfonamides is 1. The van der Waals surface area contributed by atoms with Crippen LogP contribution in [0.1, 0.15) is 44.2 Å². The van der Waals surface area contributed by atoms with Gasteiger partial charge in [-0.3, -0.25) is 4.79 Å². The number of carbonyl (C=O) groups is 1. The van der Waals surface area contributed by atoms with Crippen molar-refractivity contribution in [2.24, 2.45) is 0 Å². The molecule has 0 fully saturated rings. The standard InChI is InChI=1S/C24H30N2O7S/c1-17(18-6-8-20-22(15-18)32-13-11-30-20)26-24(27)5-3-2-4-10-25-34(28,29)19-7-9-21-23(16-19)33-14-12-31-21/h6-9,15-17,25H,2-5,10-14H2,1H3,(H,26,27)/t17-/m1/s1. The molecule has 0 bridgehead atoms. The Morgan fingerprint density at radius 1 is 0.853 bits per heavy atom. The first-order chi connectivity index (χ1) is 16.4. The van der Waals surface area contributed by atoms with Gasteiger partial charge in [0.05, 0.1) is 10.9 Å². The van der Waals surface area contributed by atoms with E-state index in [1.54, 1.807) is 6.07 Å². The predicted octanol–water partition coefficient (Wildman–Crippen LogP) is 2.95. The molecule has 0 aliphatic carbocycles. The highest BCUT2D eigenvalue weighted by Crippen LogP contribution is 2.33. The molecule has 1 atom stereocenters. The van der Waals surface area contributed by atoms with Gasteiger partial charge in [0.1, 0.15) is 26.4 Å². The van der Waals surface area contributed by atoms with Crippen molar-refractivity contribution in [3.05, 3.63) is 42.0 Å². The first-order valence-electron chi connectivity index (χ1n) is 11.5. The normalized spacial score (nSPS) is 15.4. The van der Waals surface area contributed by atoms with Crippen LogP contribution in [0.3, 0.4) is 0 Å². The molecule has 0 unspecified atom stereocenters. The van der Waals surface area contributed by atoms with Crippen LogP contribution in [0, 0.1) is 0 Å². The molecule has 1 amide bonds. The first kappa shape index (κ1) is 24.2. The van der Waals surface area contributed by atoms with E-state index in [0.717, 1.165) is 17.7 Å². The summed E-state index contributed by atoms with van der Waals surface area (Å²) >= 11 is 0. The summed E-state index contributed by atoms with van der Waals surface area (Å²) in [5.74, 6) is 2.36. The summed E-state index contributed by atoms with van der Waals surface area (Å²) in [7, 11) is -3.63. The Hall–Kier alpha value is -2.98. The van der Waals surface area contributed by atoms with Crippen LogP contribution in [-0.4, -0.2) is 47.3 Å². The molecule has 2 heterocycles. The minimum atomic E-state index is -3.63. The van der Waals surface area contributed by atoms with Gasteiger partial charge in [-0.05, 0) is 49.6 Å². The molecule has 34 heavy (non-hydrogen) atoms. The second-order valence-corrected chi connectivity index (χ2v) is 9.97. The SMILES string of the molecule is C[C@@H](NC(=O)CCCCCNS(=O)(=O)c1ccc2c(c1)OCCO2)c1ccc2c(c1)OCCO2. The lowest BCUT2D eigenvalue weighted by molar-refractivity contribution is -0.121. The second-order valence-electron chi connectivity index (χ2n) is 8.21. The monoisotopic (exact) mass is 490 g/mol. The molecule has 2 aliphatic heterocycles. The topological polar surface area (TPSA) is 112 Å². The molecule has 0 aromatic heterocycles. The quantitative estimate of drug-likeness (QED) is 0.493. The summed E-state index contributed by atoms with van der Waals surface area (Å²) in [6, 6.07) is 10.1. The zero-order chi connectivity index (χ0) is 24.0. The summed E-state index contributed by atoms with van der Waals surface area (Å²) in [6.07, 6.45) is 2.42. The van der Waals surface area contributed by atoms with Crippen LogP contribution in [-0.2, 0) is 14.8 Å². The third-order valence-electron chi connectivity index (χ3n) is 5.64. The molecule has 0 saturated carbocycles. The molecule has 10 heteroatoms. The number of benzene rings is 2. The van der Waals surface area contributed by atoms with Gasteiger partial charge in [-0.25, -0.2) is 13.1 Å². The summed E-state index contributed by atoms with van der Waals surface area (Å²) < 4.78 is 49.6. The van der Waals surface area contributed by atoms with E-state index in [1.807, 2.05) is 25.1 Å². The highest BCUT2D eigenvalue weighted by Gasteiger charge is 2.19. The molecule has 4 rings (SSSR count). The second kappa shape index (κ2) is 11.0. The molecule has 0 radical (unpaired) electrons. The summed E-state index contributed by atoms with van der Waals surface area (Å²) in [4.78, 5) is 12.5. The Morgan fingerprint density at radius 2 is 1.47 bits per heavy atom. The Kier molecular flexibility index (Phi) is 7.79. The molecule has 184 valence electrons. The highest BCUT2D eigenvalue weighted by molar-refractivity contribution is 7.89. The van der Waals surface area contributed by atoms with Crippen LogP contribution < -0.4 is 29.0 Å². The molecule has 2 aliphatic rings. The fourth-order valence-electron chi connectivity index (χ4n) is 3.79. The summed E-state index contributed by atoms with van der Waals surface area (Å²) in [6.45, 7) is 4.13. The zero-order valence-electron chi connectivity index (χ0n) is 19.2. The number of rotatable bonds is 10. The molecular formula is C24H30N2O7S. The average Bonchev–Trinajstić information content (AvgIpc) is 2.85. The van der Waals surface area contributed by atoms with E-state index in [9.17, 15) is 13.2 Å². The van der Waals surface area contributed by atoms with Crippen molar-refractivity contribution in [1.82, 2.24) is 10.0 Å². The van der Waals surface area contributed by atoms with Gasteiger partial charge in [-0.2, -0.15) is 0 Å². The van der Waals surface area contributed by atoms with E-state index in [1.165, 1.54) is 12.1 Å². The van der Waals surface area contributed by atoms with Crippen molar-refractivity contribution in [2.75, 3.05) is 33.0 Å². The highest BCUT2D eigenvalue weighted by atomic mass is 32.2. The molecule has 0 spiro atoms. The molecule has 9 nitrogen and oxygen atoms in total. The third-order valence-corrected chi connectivity index (χ3v) is 7.10. The summed E-state index contributed by atoms with van der Waals surface area (Å²) in [5, 5.41) is 3.00. The smallest absolute Gasteiger partial charge is 0.240 e. The number of carbonyl (C=O) groups excluding carboxylic acids is 1. The van der Waals surface area contributed by atoms with Gasteiger partial charge < -0.3 is 24.3 Å². The van der Waals surface area contributed by atoms with Crippen LogP contribution in [0.25, 0.3) is 0 Å². The minimum Gasteiger partial charge on any atom is -0.486 e. The van der Waals surface area contributed by atoms with Crippen molar-refractivity contribution >= 4 is 15.9 Å². The molecule has 2 N–H and O–H groups in total. The lowest BCUT2D eigenvalue weighted by atomic mass is 10.1. The van der Waals surface area contributed by atoms with Gasteiger partial charge >= 0.3 is 0 Å². The Morgan fingerprint density at radius 3 is 2.18 bits per heavy atom. The van der Waals surface area contributed by atoms with Gasteiger partial charge in [0.15, 0.2) is 23.0 Å². The van der Waals surface area contributed by atoms with Crippen LogP contribution in [0.4, 0.5) is 0 Å².